The number of fused-ring (bicyclic) bond motifs is 1. The van der Waals surface area contributed by atoms with Crippen LogP contribution in [0.4, 0.5) is 4.39 Å². The third-order valence-electron chi connectivity index (χ3n) is 3.62. The summed E-state index contributed by atoms with van der Waals surface area (Å²) in [6, 6.07) is 3.66. The number of imidazole rings is 1. The zero-order valence-corrected chi connectivity index (χ0v) is 14.2. The second kappa shape index (κ2) is 5.85. The second-order valence-electron chi connectivity index (χ2n) is 5.08. The van der Waals surface area contributed by atoms with Crippen molar-refractivity contribution in [3.63, 3.8) is 0 Å². The lowest BCUT2D eigenvalue weighted by Gasteiger charge is -2.25. The van der Waals surface area contributed by atoms with E-state index in [1.54, 1.807) is 12.1 Å². The summed E-state index contributed by atoms with van der Waals surface area (Å²) in [5.41, 5.74) is 1.65. The van der Waals surface area contributed by atoms with Crippen molar-refractivity contribution < 1.29 is 4.39 Å². The van der Waals surface area contributed by atoms with Gasteiger partial charge in [-0.25, -0.2) is 9.37 Å². The van der Waals surface area contributed by atoms with Gasteiger partial charge in [-0.05, 0) is 47.5 Å². The van der Waals surface area contributed by atoms with E-state index >= 15 is 0 Å². The lowest BCUT2D eigenvalue weighted by atomic mass is 10.1. The standard InChI is InChI=1S/C14H15BrClFN2S/c1-8(16)14-18-12-5-10(15)11(17)6-13(12)19(14)9-3-2-4-20-7-9/h5-6,8-9H,2-4,7H2,1H3. The van der Waals surface area contributed by atoms with Crippen molar-refractivity contribution >= 4 is 50.3 Å². The monoisotopic (exact) mass is 376 g/mol. The van der Waals surface area contributed by atoms with Gasteiger partial charge in [0.05, 0.1) is 20.9 Å². The number of hydrogen-bond acceptors (Lipinski definition) is 2. The Morgan fingerprint density at radius 3 is 3.00 bits per heavy atom. The average molecular weight is 378 g/mol. The first-order valence-electron chi connectivity index (χ1n) is 6.66. The summed E-state index contributed by atoms with van der Waals surface area (Å²) in [7, 11) is 0. The molecule has 1 aromatic heterocycles. The molecule has 0 radical (unpaired) electrons. The van der Waals surface area contributed by atoms with Crippen LogP contribution in [0.25, 0.3) is 11.0 Å². The van der Waals surface area contributed by atoms with Crippen LogP contribution in [0, 0.1) is 5.82 Å². The van der Waals surface area contributed by atoms with Crippen LogP contribution in [0.1, 0.15) is 37.0 Å². The van der Waals surface area contributed by atoms with E-state index in [-0.39, 0.29) is 11.2 Å². The summed E-state index contributed by atoms with van der Waals surface area (Å²) in [5.74, 6) is 2.83. The summed E-state index contributed by atoms with van der Waals surface area (Å²) in [4.78, 5) is 4.61. The Morgan fingerprint density at radius 2 is 2.35 bits per heavy atom. The molecule has 2 unspecified atom stereocenters. The van der Waals surface area contributed by atoms with Crippen molar-refractivity contribution in [3.05, 3.63) is 28.2 Å². The maximum Gasteiger partial charge on any atom is 0.139 e. The van der Waals surface area contributed by atoms with Crippen molar-refractivity contribution in [1.29, 1.82) is 0 Å². The Kier molecular flexibility index (Phi) is 4.29. The molecule has 0 spiro atoms. The van der Waals surface area contributed by atoms with Crippen LogP contribution in [0.15, 0.2) is 16.6 Å². The molecule has 1 aromatic carbocycles. The molecule has 3 rings (SSSR count). The second-order valence-corrected chi connectivity index (χ2v) is 7.74. The third-order valence-corrected chi connectivity index (χ3v) is 5.62. The van der Waals surface area contributed by atoms with Crippen molar-refractivity contribution in [2.45, 2.75) is 31.2 Å². The zero-order valence-electron chi connectivity index (χ0n) is 11.1. The highest BCUT2D eigenvalue weighted by atomic mass is 79.9. The predicted octanol–water partition coefficient (Wildman–Crippen LogP) is 5.31. The van der Waals surface area contributed by atoms with Gasteiger partial charge in [-0.2, -0.15) is 11.8 Å². The number of benzene rings is 1. The van der Waals surface area contributed by atoms with Gasteiger partial charge in [-0.3, -0.25) is 0 Å². The summed E-state index contributed by atoms with van der Waals surface area (Å²) in [6.45, 7) is 1.92. The SMILES string of the molecule is CC(Cl)c1nc2cc(Br)c(F)cc2n1C1CCCSC1. The molecule has 2 nitrogen and oxygen atoms in total. The number of hydrogen-bond donors (Lipinski definition) is 0. The van der Waals surface area contributed by atoms with Crippen LogP contribution in [0.3, 0.4) is 0 Å². The van der Waals surface area contributed by atoms with Crippen LogP contribution in [0.5, 0.6) is 0 Å². The van der Waals surface area contributed by atoms with Crippen molar-refractivity contribution in [3.8, 4) is 0 Å². The largest absolute Gasteiger partial charge is 0.323 e. The minimum atomic E-state index is -0.254. The van der Waals surface area contributed by atoms with Gasteiger partial charge in [0.1, 0.15) is 11.6 Å². The van der Waals surface area contributed by atoms with Crippen molar-refractivity contribution in [2.24, 2.45) is 0 Å². The first-order chi connectivity index (χ1) is 9.58. The quantitative estimate of drug-likeness (QED) is 0.660. The highest BCUT2D eigenvalue weighted by molar-refractivity contribution is 9.10. The number of rotatable bonds is 2. The zero-order chi connectivity index (χ0) is 14.3. The molecule has 0 saturated carbocycles. The van der Waals surface area contributed by atoms with Gasteiger partial charge in [0.15, 0.2) is 0 Å². The van der Waals surface area contributed by atoms with Gasteiger partial charge in [0.25, 0.3) is 0 Å². The smallest absolute Gasteiger partial charge is 0.139 e. The van der Waals surface area contributed by atoms with Gasteiger partial charge in [-0.1, -0.05) is 0 Å². The minimum absolute atomic E-state index is 0.184. The van der Waals surface area contributed by atoms with E-state index < -0.39 is 0 Å². The number of alkyl halides is 1. The molecule has 20 heavy (non-hydrogen) atoms. The van der Waals surface area contributed by atoms with E-state index in [4.69, 9.17) is 11.6 Å². The molecule has 1 saturated heterocycles. The molecule has 1 aliphatic heterocycles. The first kappa shape index (κ1) is 14.7. The number of nitrogens with zero attached hydrogens (tertiary/aromatic N) is 2. The van der Waals surface area contributed by atoms with Gasteiger partial charge in [0, 0.05) is 17.9 Å². The lowest BCUT2D eigenvalue weighted by Crippen LogP contribution is -2.18. The van der Waals surface area contributed by atoms with E-state index in [0.29, 0.717) is 10.5 Å². The number of aromatic nitrogens is 2. The molecule has 2 aromatic rings. The van der Waals surface area contributed by atoms with Crippen LogP contribution in [-0.2, 0) is 0 Å². The normalized spacial score (nSPS) is 21.3. The third kappa shape index (κ3) is 2.60. The summed E-state index contributed by atoms with van der Waals surface area (Å²) < 4.78 is 16.5. The fourth-order valence-corrected chi connectivity index (χ4v) is 4.31. The summed E-state index contributed by atoms with van der Waals surface area (Å²) in [6.07, 6.45) is 2.29. The fraction of sp³-hybridized carbons (Fsp3) is 0.500. The van der Waals surface area contributed by atoms with E-state index in [9.17, 15) is 4.39 Å². The molecule has 0 bridgehead atoms. The molecule has 2 heterocycles. The first-order valence-corrected chi connectivity index (χ1v) is 9.05. The van der Waals surface area contributed by atoms with E-state index in [2.05, 4.69) is 25.5 Å². The molecule has 0 N–H and O–H groups in total. The number of halogens is 3. The molecule has 1 fully saturated rings. The molecule has 6 heteroatoms. The van der Waals surface area contributed by atoms with Gasteiger partial charge in [-0.15, -0.1) is 11.6 Å². The highest BCUT2D eigenvalue weighted by Crippen LogP contribution is 2.35. The molecule has 0 aliphatic carbocycles. The Labute approximate surface area is 135 Å². The molecule has 1 aliphatic rings. The molecule has 2 atom stereocenters. The van der Waals surface area contributed by atoms with E-state index in [1.807, 2.05) is 18.7 Å². The van der Waals surface area contributed by atoms with Crippen LogP contribution >= 0.6 is 39.3 Å². The van der Waals surface area contributed by atoms with Gasteiger partial charge < -0.3 is 4.57 Å². The Hall–Kier alpha value is -0.260. The molecular weight excluding hydrogens is 363 g/mol. The minimum Gasteiger partial charge on any atom is -0.323 e. The van der Waals surface area contributed by atoms with E-state index in [1.165, 1.54) is 12.2 Å². The maximum atomic E-state index is 13.9. The van der Waals surface area contributed by atoms with Gasteiger partial charge >= 0.3 is 0 Å². The van der Waals surface area contributed by atoms with Crippen LogP contribution < -0.4 is 0 Å². The van der Waals surface area contributed by atoms with Crippen LogP contribution in [-0.4, -0.2) is 21.1 Å². The molecule has 0 amide bonds. The Bertz CT molecular complexity index is 638. The Morgan fingerprint density at radius 1 is 1.55 bits per heavy atom. The van der Waals surface area contributed by atoms with Crippen LogP contribution in [0.2, 0.25) is 0 Å². The fourth-order valence-electron chi connectivity index (χ4n) is 2.70. The summed E-state index contributed by atoms with van der Waals surface area (Å²) >= 11 is 11.4. The van der Waals surface area contributed by atoms with Crippen molar-refractivity contribution in [2.75, 3.05) is 11.5 Å². The Balaban J connectivity index is 2.20. The molecule has 108 valence electrons. The number of thioether (sulfide) groups is 1. The average Bonchev–Trinajstić information content (AvgIpc) is 2.79. The van der Waals surface area contributed by atoms with E-state index in [0.717, 1.165) is 29.0 Å². The topological polar surface area (TPSA) is 17.8 Å². The maximum absolute atomic E-state index is 13.9. The lowest BCUT2D eigenvalue weighted by molar-refractivity contribution is 0.493. The van der Waals surface area contributed by atoms with Crippen molar-refractivity contribution in [1.82, 2.24) is 9.55 Å². The molecular formula is C14H15BrClFN2S. The predicted molar refractivity (Wildman–Crippen MR) is 87.3 cm³/mol. The highest BCUT2D eigenvalue weighted by Gasteiger charge is 2.24. The van der Waals surface area contributed by atoms with Gasteiger partial charge in [0.2, 0.25) is 0 Å². The summed E-state index contributed by atoms with van der Waals surface area (Å²) in [5, 5.41) is -0.184.